The van der Waals surface area contributed by atoms with Crippen LogP contribution in [0, 0.1) is 11.3 Å². The van der Waals surface area contributed by atoms with Crippen LogP contribution in [0.5, 0.6) is 0 Å². The summed E-state index contributed by atoms with van der Waals surface area (Å²) < 4.78 is 30.3. The molecule has 1 unspecified atom stereocenters. The van der Waals surface area contributed by atoms with Crippen molar-refractivity contribution in [2.24, 2.45) is 0 Å². The monoisotopic (exact) mass is 282 g/mol. The van der Waals surface area contributed by atoms with E-state index in [9.17, 15) is 13.2 Å². The Kier molecular flexibility index (Phi) is 5.03. The SMILES string of the molecule is COC(=O)C(C)NS(=O)(=O)Cc1ccc(C#N)cc1. The van der Waals surface area contributed by atoms with Crippen LogP contribution in [0.4, 0.5) is 0 Å². The lowest BCUT2D eigenvalue weighted by atomic mass is 10.2. The highest BCUT2D eigenvalue weighted by Gasteiger charge is 2.20. The Balaban J connectivity index is 2.74. The van der Waals surface area contributed by atoms with Crippen molar-refractivity contribution in [3.8, 4) is 6.07 Å². The molecule has 0 heterocycles. The van der Waals surface area contributed by atoms with E-state index >= 15 is 0 Å². The summed E-state index contributed by atoms with van der Waals surface area (Å²) in [6, 6.07) is 7.19. The van der Waals surface area contributed by atoms with Gasteiger partial charge in [-0.3, -0.25) is 4.79 Å². The van der Waals surface area contributed by atoms with E-state index < -0.39 is 22.0 Å². The molecule has 1 aromatic rings. The first-order chi connectivity index (χ1) is 8.88. The molecule has 19 heavy (non-hydrogen) atoms. The molecule has 1 N–H and O–H groups in total. The molecule has 1 rings (SSSR count). The second-order valence-electron chi connectivity index (χ2n) is 3.93. The number of ether oxygens (including phenoxy) is 1. The number of hydrogen-bond acceptors (Lipinski definition) is 5. The number of carbonyl (C=O) groups is 1. The summed E-state index contributed by atoms with van der Waals surface area (Å²) in [4.78, 5) is 11.1. The Morgan fingerprint density at radius 3 is 2.47 bits per heavy atom. The first kappa shape index (κ1) is 15.1. The third-order valence-electron chi connectivity index (χ3n) is 2.35. The van der Waals surface area contributed by atoms with Crippen molar-refractivity contribution in [3.63, 3.8) is 0 Å². The van der Waals surface area contributed by atoms with Crippen LogP contribution in [0.2, 0.25) is 0 Å². The maximum Gasteiger partial charge on any atom is 0.323 e. The first-order valence-corrected chi connectivity index (χ1v) is 7.10. The van der Waals surface area contributed by atoms with E-state index in [1.807, 2.05) is 6.07 Å². The molecule has 7 heteroatoms. The molecule has 0 aliphatic heterocycles. The van der Waals surface area contributed by atoms with Crippen molar-refractivity contribution in [1.82, 2.24) is 4.72 Å². The highest BCUT2D eigenvalue weighted by atomic mass is 32.2. The third-order valence-corrected chi connectivity index (χ3v) is 3.78. The molecule has 0 aromatic heterocycles. The molecule has 0 aliphatic rings. The number of nitrogens with one attached hydrogen (secondary N) is 1. The lowest BCUT2D eigenvalue weighted by molar-refractivity contribution is -0.142. The lowest BCUT2D eigenvalue weighted by Crippen LogP contribution is -2.39. The van der Waals surface area contributed by atoms with Crippen LogP contribution in [0.3, 0.4) is 0 Å². The van der Waals surface area contributed by atoms with Gasteiger partial charge >= 0.3 is 5.97 Å². The normalized spacial score (nSPS) is 12.5. The second kappa shape index (κ2) is 6.31. The number of nitrogens with zero attached hydrogens (tertiary/aromatic N) is 1. The average molecular weight is 282 g/mol. The van der Waals surface area contributed by atoms with Gasteiger partial charge in [0.25, 0.3) is 0 Å². The molecule has 0 radical (unpaired) electrons. The minimum absolute atomic E-state index is 0.264. The number of hydrogen-bond donors (Lipinski definition) is 1. The van der Waals surface area contributed by atoms with Gasteiger partial charge in [-0.25, -0.2) is 13.1 Å². The maximum atomic E-state index is 11.8. The summed E-state index contributed by atoms with van der Waals surface area (Å²) in [5, 5.41) is 8.64. The fraction of sp³-hybridized carbons (Fsp3) is 0.333. The highest BCUT2D eigenvalue weighted by Crippen LogP contribution is 2.07. The lowest BCUT2D eigenvalue weighted by Gasteiger charge is -2.12. The highest BCUT2D eigenvalue weighted by molar-refractivity contribution is 7.88. The van der Waals surface area contributed by atoms with E-state index in [4.69, 9.17) is 5.26 Å². The molecule has 1 atom stereocenters. The molecule has 0 bridgehead atoms. The Hall–Kier alpha value is -1.91. The Morgan fingerprint density at radius 1 is 1.42 bits per heavy atom. The van der Waals surface area contributed by atoms with Crippen LogP contribution in [-0.4, -0.2) is 27.5 Å². The fourth-order valence-electron chi connectivity index (χ4n) is 1.43. The number of esters is 1. The van der Waals surface area contributed by atoms with Gasteiger partial charge < -0.3 is 4.74 Å². The van der Waals surface area contributed by atoms with E-state index in [-0.39, 0.29) is 5.75 Å². The summed E-state index contributed by atoms with van der Waals surface area (Å²) in [6.07, 6.45) is 0. The quantitative estimate of drug-likeness (QED) is 0.795. The van der Waals surface area contributed by atoms with Crippen LogP contribution in [0.15, 0.2) is 24.3 Å². The molecule has 0 aliphatic carbocycles. The number of carbonyl (C=O) groups excluding carboxylic acids is 1. The average Bonchev–Trinajstić information content (AvgIpc) is 2.37. The van der Waals surface area contributed by atoms with Gasteiger partial charge in [0.2, 0.25) is 10.0 Å². The summed E-state index contributed by atoms with van der Waals surface area (Å²) in [5.41, 5.74) is 0.987. The molecule has 1 aromatic carbocycles. The zero-order chi connectivity index (χ0) is 14.5. The number of benzene rings is 1. The summed E-state index contributed by atoms with van der Waals surface area (Å²) in [5.74, 6) is -0.913. The second-order valence-corrected chi connectivity index (χ2v) is 5.68. The van der Waals surface area contributed by atoms with Crippen LogP contribution in [0.1, 0.15) is 18.1 Å². The van der Waals surface area contributed by atoms with E-state index in [1.54, 1.807) is 12.1 Å². The van der Waals surface area contributed by atoms with Crippen LogP contribution in [-0.2, 0) is 25.3 Å². The van der Waals surface area contributed by atoms with Crippen molar-refractivity contribution in [2.75, 3.05) is 7.11 Å². The first-order valence-electron chi connectivity index (χ1n) is 5.45. The van der Waals surface area contributed by atoms with Gasteiger partial charge in [-0.2, -0.15) is 5.26 Å². The van der Waals surface area contributed by atoms with Gasteiger partial charge in [0.15, 0.2) is 0 Å². The van der Waals surface area contributed by atoms with Gasteiger partial charge in [0.1, 0.15) is 6.04 Å². The van der Waals surface area contributed by atoms with Crippen LogP contribution >= 0.6 is 0 Å². The molecule has 0 saturated heterocycles. The fourth-order valence-corrected chi connectivity index (χ4v) is 2.78. The van der Waals surface area contributed by atoms with Gasteiger partial charge in [-0.1, -0.05) is 12.1 Å². The molecule has 0 fully saturated rings. The van der Waals surface area contributed by atoms with Gasteiger partial charge in [-0.15, -0.1) is 0 Å². The Bertz CT molecular complexity index is 587. The maximum absolute atomic E-state index is 11.8. The van der Waals surface area contributed by atoms with Gasteiger partial charge in [-0.05, 0) is 24.6 Å². The van der Waals surface area contributed by atoms with E-state index in [2.05, 4.69) is 9.46 Å². The predicted octanol–water partition coefficient (Wildman–Crippen LogP) is 0.539. The molecular weight excluding hydrogens is 268 g/mol. The van der Waals surface area contributed by atoms with Crippen molar-refractivity contribution >= 4 is 16.0 Å². The van der Waals surface area contributed by atoms with Crippen molar-refractivity contribution in [2.45, 2.75) is 18.7 Å². The Morgan fingerprint density at radius 2 is 2.00 bits per heavy atom. The molecule has 0 spiro atoms. The number of sulfonamides is 1. The molecule has 0 saturated carbocycles. The van der Waals surface area contributed by atoms with Crippen LogP contribution < -0.4 is 4.72 Å². The van der Waals surface area contributed by atoms with Gasteiger partial charge in [0, 0.05) is 0 Å². The van der Waals surface area contributed by atoms with Gasteiger partial charge in [0.05, 0.1) is 24.5 Å². The smallest absolute Gasteiger partial charge is 0.323 e. The molecular formula is C12H14N2O4S. The van der Waals surface area contributed by atoms with Crippen molar-refractivity contribution in [1.29, 1.82) is 5.26 Å². The Labute approximate surface area is 112 Å². The number of nitriles is 1. The summed E-state index contributed by atoms with van der Waals surface area (Å²) in [7, 11) is -2.45. The zero-order valence-electron chi connectivity index (χ0n) is 10.6. The molecule has 0 amide bonds. The standard InChI is InChI=1S/C12H14N2O4S/c1-9(12(15)18-2)14-19(16,17)8-11-5-3-10(7-13)4-6-11/h3-6,9,14H,8H2,1-2H3. The predicted molar refractivity (Wildman–Crippen MR) is 68.4 cm³/mol. The largest absolute Gasteiger partial charge is 0.468 e. The van der Waals surface area contributed by atoms with E-state index in [0.29, 0.717) is 11.1 Å². The third kappa shape index (κ3) is 4.69. The van der Waals surface area contributed by atoms with Crippen molar-refractivity contribution in [3.05, 3.63) is 35.4 Å². The topological polar surface area (TPSA) is 96.3 Å². The van der Waals surface area contributed by atoms with E-state index in [1.165, 1.54) is 26.2 Å². The zero-order valence-corrected chi connectivity index (χ0v) is 11.4. The van der Waals surface area contributed by atoms with Crippen LogP contribution in [0.25, 0.3) is 0 Å². The molecule has 6 nitrogen and oxygen atoms in total. The summed E-state index contributed by atoms with van der Waals surface area (Å²) in [6.45, 7) is 1.40. The molecule has 102 valence electrons. The minimum Gasteiger partial charge on any atom is -0.468 e. The number of rotatable bonds is 5. The van der Waals surface area contributed by atoms with Crippen molar-refractivity contribution < 1.29 is 17.9 Å². The number of methoxy groups -OCH3 is 1. The van der Waals surface area contributed by atoms with E-state index in [0.717, 1.165) is 0 Å². The summed E-state index contributed by atoms with van der Waals surface area (Å²) >= 11 is 0. The minimum atomic E-state index is -3.64.